The molecule has 0 saturated carbocycles. The van der Waals surface area contributed by atoms with E-state index in [0.717, 1.165) is 22.3 Å². The Morgan fingerprint density at radius 2 is 2.21 bits per heavy atom. The van der Waals surface area contributed by atoms with E-state index < -0.39 is 12.0 Å². The lowest BCUT2D eigenvalue weighted by Crippen LogP contribution is -2.34. The Labute approximate surface area is 110 Å². The summed E-state index contributed by atoms with van der Waals surface area (Å²) in [5, 5.41) is 13.2. The van der Waals surface area contributed by atoms with Crippen molar-refractivity contribution in [2.45, 2.75) is 13.0 Å². The molecule has 6 nitrogen and oxygen atoms in total. The van der Waals surface area contributed by atoms with Crippen LogP contribution >= 0.6 is 0 Å². The van der Waals surface area contributed by atoms with E-state index in [2.05, 4.69) is 10.3 Å². The Hall–Kier alpha value is -2.34. The number of pyridine rings is 1. The number of aliphatic hydroxyl groups is 1. The highest BCUT2D eigenvalue weighted by molar-refractivity contribution is 5.93. The van der Waals surface area contributed by atoms with Crippen molar-refractivity contribution in [1.82, 2.24) is 4.98 Å². The van der Waals surface area contributed by atoms with Gasteiger partial charge in [0.2, 0.25) is 5.91 Å². The minimum absolute atomic E-state index is 0.0443. The maximum Gasteiger partial charge on any atom is 0.248 e. The predicted octanol–water partition coefficient (Wildman–Crippen LogP) is 0.384. The van der Waals surface area contributed by atoms with E-state index in [0.29, 0.717) is 5.69 Å². The van der Waals surface area contributed by atoms with Crippen LogP contribution in [-0.2, 0) is 4.79 Å². The molecule has 1 aromatic carbocycles. The van der Waals surface area contributed by atoms with Gasteiger partial charge in [0, 0.05) is 29.0 Å². The van der Waals surface area contributed by atoms with Crippen LogP contribution in [0.2, 0.25) is 0 Å². The Bertz CT molecular complexity index is 627. The fourth-order valence-electron chi connectivity index (χ4n) is 1.83. The monoisotopic (exact) mass is 260 g/mol. The van der Waals surface area contributed by atoms with Crippen molar-refractivity contribution in [2.24, 2.45) is 5.73 Å². The molecule has 6 heteroatoms. The fraction of sp³-hybridized carbons (Fsp3) is 0.231. The minimum Gasteiger partial charge on any atom is -0.399 e. The van der Waals surface area contributed by atoms with Crippen LogP contribution < -0.4 is 16.8 Å². The molecular formula is C13H16N4O2. The van der Waals surface area contributed by atoms with Crippen LogP contribution in [0.25, 0.3) is 10.9 Å². The number of amides is 1. The summed E-state index contributed by atoms with van der Waals surface area (Å²) in [7, 11) is 0. The first-order chi connectivity index (χ1) is 8.97. The number of nitrogens with two attached hydrogens (primary N) is 2. The van der Waals surface area contributed by atoms with Crippen LogP contribution in [0.4, 0.5) is 11.4 Å². The molecule has 100 valence electrons. The number of aliphatic hydroxyl groups excluding tert-OH is 1. The summed E-state index contributed by atoms with van der Waals surface area (Å²) in [5.41, 5.74) is 13.8. The predicted molar refractivity (Wildman–Crippen MR) is 74.6 cm³/mol. The Morgan fingerprint density at radius 1 is 1.47 bits per heavy atom. The number of hydrogen-bond donors (Lipinski definition) is 4. The third-order valence-corrected chi connectivity index (χ3v) is 2.78. The second-order valence-corrected chi connectivity index (χ2v) is 4.39. The minimum atomic E-state index is -1.23. The molecule has 6 N–H and O–H groups in total. The van der Waals surface area contributed by atoms with Gasteiger partial charge in [0.05, 0.1) is 5.52 Å². The second-order valence-electron chi connectivity index (χ2n) is 4.39. The van der Waals surface area contributed by atoms with Crippen molar-refractivity contribution in [1.29, 1.82) is 0 Å². The number of anilines is 2. The summed E-state index contributed by atoms with van der Waals surface area (Å²) < 4.78 is 0. The maximum absolute atomic E-state index is 10.8. The number of nitrogen functional groups attached to an aromatic ring is 1. The van der Waals surface area contributed by atoms with Crippen LogP contribution in [0.1, 0.15) is 5.69 Å². The number of aryl methyl sites for hydroxylation is 1. The van der Waals surface area contributed by atoms with Crippen LogP contribution in [0.15, 0.2) is 24.3 Å². The lowest BCUT2D eigenvalue weighted by atomic mass is 10.1. The van der Waals surface area contributed by atoms with Crippen molar-refractivity contribution >= 4 is 28.2 Å². The molecule has 0 aliphatic rings. The number of fused-ring (bicyclic) bond motifs is 1. The van der Waals surface area contributed by atoms with Crippen LogP contribution in [0.5, 0.6) is 0 Å². The van der Waals surface area contributed by atoms with Gasteiger partial charge in [0.1, 0.15) is 6.10 Å². The first-order valence-electron chi connectivity index (χ1n) is 5.85. The van der Waals surface area contributed by atoms with Gasteiger partial charge in [-0.05, 0) is 31.2 Å². The maximum atomic E-state index is 10.8. The van der Waals surface area contributed by atoms with E-state index in [-0.39, 0.29) is 6.54 Å². The highest BCUT2D eigenvalue weighted by atomic mass is 16.3. The smallest absolute Gasteiger partial charge is 0.248 e. The molecule has 1 heterocycles. The zero-order valence-electron chi connectivity index (χ0n) is 10.6. The van der Waals surface area contributed by atoms with Gasteiger partial charge >= 0.3 is 0 Å². The van der Waals surface area contributed by atoms with Gasteiger partial charge in [0.25, 0.3) is 0 Å². The van der Waals surface area contributed by atoms with Gasteiger partial charge in [-0.2, -0.15) is 0 Å². The number of rotatable bonds is 4. The number of primary amides is 1. The molecule has 19 heavy (non-hydrogen) atoms. The van der Waals surface area contributed by atoms with Crippen molar-refractivity contribution in [3.63, 3.8) is 0 Å². The molecule has 0 aliphatic carbocycles. The summed E-state index contributed by atoms with van der Waals surface area (Å²) in [6.45, 7) is 1.91. The van der Waals surface area contributed by atoms with Gasteiger partial charge in [-0.25, -0.2) is 0 Å². The molecule has 2 aromatic rings. The van der Waals surface area contributed by atoms with Gasteiger partial charge in [-0.1, -0.05) is 0 Å². The average molecular weight is 260 g/mol. The van der Waals surface area contributed by atoms with Gasteiger partial charge in [-0.3, -0.25) is 9.78 Å². The summed E-state index contributed by atoms with van der Waals surface area (Å²) in [4.78, 5) is 15.2. The number of nitrogens with one attached hydrogen (secondary N) is 1. The van der Waals surface area contributed by atoms with Crippen LogP contribution in [0, 0.1) is 6.92 Å². The first-order valence-corrected chi connectivity index (χ1v) is 5.85. The summed E-state index contributed by atoms with van der Waals surface area (Å²) >= 11 is 0. The summed E-state index contributed by atoms with van der Waals surface area (Å²) in [6.07, 6.45) is -1.23. The zero-order valence-corrected chi connectivity index (χ0v) is 10.6. The van der Waals surface area contributed by atoms with Gasteiger partial charge in [-0.15, -0.1) is 0 Å². The van der Waals surface area contributed by atoms with E-state index in [1.165, 1.54) is 0 Å². The molecule has 1 atom stereocenters. The number of carbonyl (C=O) groups is 1. The van der Waals surface area contributed by atoms with Crippen molar-refractivity contribution in [3.05, 3.63) is 30.0 Å². The Kier molecular flexibility index (Phi) is 3.52. The van der Waals surface area contributed by atoms with Gasteiger partial charge in [0.15, 0.2) is 0 Å². The average Bonchev–Trinajstić information content (AvgIpc) is 2.36. The summed E-state index contributed by atoms with van der Waals surface area (Å²) in [6, 6.07) is 7.22. The van der Waals surface area contributed by atoms with Gasteiger partial charge < -0.3 is 21.9 Å². The van der Waals surface area contributed by atoms with E-state index in [1.807, 2.05) is 19.1 Å². The molecule has 0 radical (unpaired) electrons. The third kappa shape index (κ3) is 2.92. The number of aromatic nitrogens is 1. The molecule has 2 rings (SSSR count). The van der Waals surface area contributed by atoms with Crippen LogP contribution in [0.3, 0.4) is 0 Å². The number of nitrogens with zero attached hydrogens (tertiary/aromatic N) is 1. The van der Waals surface area contributed by atoms with E-state index in [4.69, 9.17) is 11.5 Å². The van der Waals surface area contributed by atoms with Crippen molar-refractivity contribution in [2.75, 3.05) is 17.6 Å². The second kappa shape index (κ2) is 5.11. The van der Waals surface area contributed by atoms with E-state index in [9.17, 15) is 9.90 Å². The zero-order chi connectivity index (χ0) is 14.0. The highest BCUT2D eigenvalue weighted by Gasteiger charge is 2.11. The van der Waals surface area contributed by atoms with E-state index in [1.54, 1.807) is 12.1 Å². The fourth-order valence-corrected chi connectivity index (χ4v) is 1.83. The number of carbonyl (C=O) groups excluding carboxylic acids is 1. The molecule has 1 aromatic heterocycles. The normalized spacial score (nSPS) is 12.3. The molecule has 0 bridgehead atoms. The first kappa shape index (κ1) is 13.1. The third-order valence-electron chi connectivity index (χ3n) is 2.78. The quantitative estimate of drug-likeness (QED) is 0.593. The largest absolute Gasteiger partial charge is 0.399 e. The van der Waals surface area contributed by atoms with Crippen molar-refractivity contribution in [3.8, 4) is 0 Å². The topological polar surface area (TPSA) is 114 Å². The van der Waals surface area contributed by atoms with Crippen molar-refractivity contribution < 1.29 is 9.90 Å². The highest BCUT2D eigenvalue weighted by Crippen LogP contribution is 2.25. The Morgan fingerprint density at radius 3 is 2.89 bits per heavy atom. The molecule has 0 fully saturated rings. The number of hydrogen-bond acceptors (Lipinski definition) is 5. The molecule has 1 amide bonds. The van der Waals surface area contributed by atoms with Crippen LogP contribution in [-0.4, -0.2) is 28.6 Å². The lowest BCUT2D eigenvalue weighted by molar-refractivity contribution is -0.125. The Balaban J connectivity index is 2.36. The summed E-state index contributed by atoms with van der Waals surface area (Å²) in [5.74, 6) is -0.762. The molecule has 0 saturated heterocycles. The molecular weight excluding hydrogens is 244 g/mol. The lowest BCUT2D eigenvalue weighted by Gasteiger charge is -2.13. The SMILES string of the molecule is Cc1cc(NCC(O)C(N)=O)c2cc(N)ccc2n1. The molecule has 0 spiro atoms. The molecule has 0 aliphatic heterocycles. The standard InChI is InChI=1S/C13H16N4O2/c1-7-4-11(16-6-12(18)13(15)19)9-5-8(14)2-3-10(9)17-7/h2-5,12,18H,6,14H2,1H3,(H2,15,19)(H,16,17). The van der Waals surface area contributed by atoms with E-state index >= 15 is 0 Å². The molecule has 1 unspecified atom stereocenters. The number of benzene rings is 1.